The average molecular weight is 236 g/mol. The van der Waals surface area contributed by atoms with Crippen LogP contribution < -0.4 is 0 Å². The van der Waals surface area contributed by atoms with Gasteiger partial charge in [0.05, 0.1) is 19.6 Å². The Hall–Kier alpha value is -1.35. The van der Waals surface area contributed by atoms with Gasteiger partial charge in [0.2, 0.25) is 0 Å². The van der Waals surface area contributed by atoms with Crippen molar-refractivity contribution in [3.8, 4) is 0 Å². The lowest BCUT2D eigenvalue weighted by molar-refractivity contribution is -0.139. The second-order valence-electron chi connectivity index (χ2n) is 4.39. The van der Waals surface area contributed by atoms with Gasteiger partial charge in [-0.05, 0) is 17.0 Å². The van der Waals surface area contributed by atoms with Gasteiger partial charge in [0.1, 0.15) is 0 Å². The molecular weight excluding hydrogens is 216 g/mol. The van der Waals surface area contributed by atoms with Crippen LogP contribution in [0.15, 0.2) is 24.3 Å². The highest BCUT2D eigenvalue weighted by Crippen LogP contribution is 2.25. The van der Waals surface area contributed by atoms with Crippen molar-refractivity contribution in [2.24, 2.45) is 5.92 Å². The highest BCUT2D eigenvalue weighted by Gasteiger charge is 2.14. The maximum absolute atomic E-state index is 11.1. The fourth-order valence-electron chi connectivity index (χ4n) is 1.86. The summed E-state index contributed by atoms with van der Waals surface area (Å²) in [5, 5.41) is 0. The summed E-state index contributed by atoms with van der Waals surface area (Å²) in [6.07, 6.45) is 0.415. The molecule has 0 radical (unpaired) electrons. The zero-order valence-corrected chi connectivity index (χ0v) is 10.9. The molecule has 3 heteroatoms. The van der Waals surface area contributed by atoms with Gasteiger partial charge in [0.15, 0.2) is 0 Å². The Morgan fingerprint density at radius 2 is 1.76 bits per heavy atom. The number of hydrogen-bond acceptors (Lipinski definition) is 3. The first-order valence-corrected chi connectivity index (χ1v) is 5.77. The highest BCUT2D eigenvalue weighted by atomic mass is 16.5. The number of rotatable bonds is 5. The minimum atomic E-state index is -0.218. The van der Waals surface area contributed by atoms with Crippen LogP contribution in [0.25, 0.3) is 0 Å². The summed E-state index contributed by atoms with van der Waals surface area (Å²) in [7, 11) is 3.11. The molecule has 0 aliphatic heterocycles. The van der Waals surface area contributed by atoms with Crippen LogP contribution in [0.3, 0.4) is 0 Å². The molecule has 3 nitrogen and oxygen atoms in total. The van der Waals surface area contributed by atoms with Crippen LogP contribution in [0.1, 0.15) is 31.1 Å². The van der Waals surface area contributed by atoms with Crippen LogP contribution >= 0.6 is 0 Å². The van der Waals surface area contributed by atoms with E-state index in [2.05, 4.69) is 18.6 Å². The van der Waals surface area contributed by atoms with E-state index in [9.17, 15) is 4.79 Å². The predicted octanol–water partition coefficient (Wildman–Crippen LogP) is 2.75. The zero-order chi connectivity index (χ0) is 12.8. The molecule has 0 saturated carbocycles. The number of methoxy groups -OCH3 is 2. The van der Waals surface area contributed by atoms with Gasteiger partial charge in [-0.2, -0.15) is 0 Å². The quantitative estimate of drug-likeness (QED) is 0.737. The average Bonchev–Trinajstić information content (AvgIpc) is 2.31. The van der Waals surface area contributed by atoms with Crippen molar-refractivity contribution in [2.45, 2.75) is 26.4 Å². The van der Waals surface area contributed by atoms with Crippen LogP contribution in [0.4, 0.5) is 0 Å². The SMILES string of the molecule is COC(=O)Cc1ccc([C@H](OC)C(C)C)cc1. The van der Waals surface area contributed by atoms with Crippen molar-refractivity contribution in [1.29, 1.82) is 0 Å². The smallest absolute Gasteiger partial charge is 0.309 e. The molecule has 0 bridgehead atoms. The highest BCUT2D eigenvalue weighted by molar-refractivity contribution is 5.72. The van der Waals surface area contributed by atoms with Crippen LogP contribution in [0.5, 0.6) is 0 Å². The van der Waals surface area contributed by atoms with E-state index in [-0.39, 0.29) is 12.1 Å². The van der Waals surface area contributed by atoms with Crippen molar-refractivity contribution >= 4 is 5.97 Å². The summed E-state index contributed by atoms with van der Waals surface area (Å²) in [4.78, 5) is 11.1. The van der Waals surface area contributed by atoms with Gasteiger partial charge >= 0.3 is 5.97 Å². The second kappa shape index (κ2) is 6.40. The van der Waals surface area contributed by atoms with E-state index in [1.165, 1.54) is 7.11 Å². The molecule has 94 valence electrons. The molecule has 1 rings (SSSR count). The molecule has 1 atom stereocenters. The first-order valence-electron chi connectivity index (χ1n) is 5.77. The molecule has 0 saturated heterocycles. The van der Waals surface area contributed by atoms with Crippen LogP contribution in [-0.2, 0) is 20.7 Å². The molecule has 0 unspecified atom stereocenters. The molecule has 0 heterocycles. The van der Waals surface area contributed by atoms with E-state index < -0.39 is 0 Å². The third-order valence-corrected chi connectivity index (χ3v) is 2.74. The van der Waals surface area contributed by atoms with Gasteiger partial charge in [-0.25, -0.2) is 0 Å². The molecule has 0 amide bonds. The van der Waals surface area contributed by atoms with Crippen molar-refractivity contribution in [3.63, 3.8) is 0 Å². The number of hydrogen-bond donors (Lipinski definition) is 0. The summed E-state index contributed by atoms with van der Waals surface area (Å²) < 4.78 is 10.1. The Labute approximate surface area is 103 Å². The van der Waals surface area contributed by atoms with Crippen LogP contribution in [0.2, 0.25) is 0 Å². The normalized spacial score (nSPS) is 12.5. The van der Waals surface area contributed by atoms with Crippen LogP contribution in [-0.4, -0.2) is 20.2 Å². The fraction of sp³-hybridized carbons (Fsp3) is 0.500. The standard InChI is InChI=1S/C14H20O3/c1-10(2)14(17-4)12-7-5-11(6-8-12)9-13(15)16-3/h5-8,10,14H,9H2,1-4H3/t14-/m1/s1. The molecular formula is C14H20O3. The molecule has 0 fully saturated rings. The molecule has 17 heavy (non-hydrogen) atoms. The van der Waals surface area contributed by atoms with Gasteiger partial charge in [-0.15, -0.1) is 0 Å². The molecule has 1 aromatic rings. The molecule has 0 aliphatic rings. The van der Waals surface area contributed by atoms with Gasteiger partial charge in [0.25, 0.3) is 0 Å². The molecule has 1 aromatic carbocycles. The molecule has 0 aromatic heterocycles. The van der Waals surface area contributed by atoms with Gasteiger partial charge in [-0.1, -0.05) is 38.1 Å². The van der Waals surface area contributed by atoms with E-state index in [0.717, 1.165) is 11.1 Å². The largest absolute Gasteiger partial charge is 0.469 e. The van der Waals surface area contributed by atoms with Crippen molar-refractivity contribution in [1.82, 2.24) is 0 Å². The second-order valence-corrected chi connectivity index (χ2v) is 4.39. The van der Waals surface area contributed by atoms with Crippen LogP contribution in [0, 0.1) is 5.92 Å². The van der Waals surface area contributed by atoms with Crippen molar-refractivity contribution in [2.75, 3.05) is 14.2 Å². The Kier molecular flexibility index (Phi) is 5.16. The third kappa shape index (κ3) is 3.86. The minimum absolute atomic E-state index is 0.0992. The predicted molar refractivity (Wildman–Crippen MR) is 66.8 cm³/mol. The van der Waals surface area contributed by atoms with Crippen molar-refractivity contribution in [3.05, 3.63) is 35.4 Å². The first-order chi connectivity index (χ1) is 8.08. The number of ether oxygens (including phenoxy) is 2. The summed E-state index contributed by atoms with van der Waals surface area (Å²) in [6.45, 7) is 4.24. The zero-order valence-electron chi connectivity index (χ0n) is 10.9. The number of carbonyl (C=O) groups excluding carboxylic acids is 1. The fourth-order valence-corrected chi connectivity index (χ4v) is 1.86. The van der Waals surface area contributed by atoms with Gasteiger partial charge < -0.3 is 9.47 Å². The summed E-state index contributed by atoms with van der Waals surface area (Å²) >= 11 is 0. The Morgan fingerprint density at radius 3 is 2.18 bits per heavy atom. The molecule has 0 aliphatic carbocycles. The van der Waals surface area contributed by atoms with E-state index >= 15 is 0 Å². The molecule has 0 N–H and O–H groups in total. The monoisotopic (exact) mass is 236 g/mol. The van der Waals surface area contributed by atoms with E-state index in [1.54, 1.807) is 7.11 Å². The Balaban J connectivity index is 2.76. The summed E-state index contributed by atoms with van der Waals surface area (Å²) in [5.74, 6) is 0.205. The van der Waals surface area contributed by atoms with E-state index in [1.807, 2.05) is 24.3 Å². The lowest BCUT2D eigenvalue weighted by Gasteiger charge is -2.19. The van der Waals surface area contributed by atoms with Gasteiger partial charge in [-0.3, -0.25) is 4.79 Å². The maximum Gasteiger partial charge on any atom is 0.309 e. The lowest BCUT2D eigenvalue weighted by atomic mass is 9.97. The Bertz CT molecular complexity index is 354. The minimum Gasteiger partial charge on any atom is -0.469 e. The van der Waals surface area contributed by atoms with Crippen molar-refractivity contribution < 1.29 is 14.3 Å². The third-order valence-electron chi connectivity index (χ3n) is 2.74. The number of esters is 1. The van der Waals surface area contributed by atoms with E-state index in [4.69, 9.17) is 4.74 Å². The molecule has 0 spiro atoms. The van der Waals surface area contributed by atoms with E-state index in [0.29, 0.717) is 12.3 Å². The van der Waals surface area contributed by atoms with Gasteiger partial charge in [0, 0.05) is 7.11 Å². The Morgan fingerprint density at radius 1 is 1.18 bits per heavy atom. The summed E-state index contributed by atoms with van der Waals surface area (Å²) in [5.41, 5.74) is 2.09. The number of carbonyl (C=O) groups is 1. The lowest BCUT2D eigenvalue weighted by Crippen LogP contribution is -2.09. The topological polar surface area (TPSA) is 35.5 Å². The maximum atomic E-state index is 11.1. The summed E-state index contributed by atoms with van der Waals surface area (Å²) in [6, 6.07) is 7.90. The number of benzene rings is 1. The first kappa shape index (κ1) is 13.7.